The zero-order valence-corrected chi connectivity index (χ0v) is 20.7. The fraction of sp³-hybridized carbons (Fsp3) is 0.393. The van der Waals surface area contributed by atoms with Crippen molar-refractivity contribution in [2.75, 3.05) is 42.5 Å². The van der Waals surface area contributed by atoms with E-state index in [-0.39, 0.29) is 17.4 Å². The summed E-state index contributed by atoms with van der Waals surface area (Å²) in [7, 11) is 0. The lowest BCUT2D eigenvalue weighted by Crippen LogP contribution is -2.45. The Morgan fingerprint density at radius 1 is 1.14 bits per heavy atom. The van der Waals surface area contributed by atoms with E-state index in [1.165, 1.54) is 15.9 Å². The lowest BCUT2D eigenvalue weighted by Gasteiger charge is -2.33. The van der Waals surface area contributed by atoms with Crippen molar-refractivity contribution in [1.29, 1.82) is 0 Å². The van der Waals surface area contributed by atoms with Gasteiger partial charge in [0.25, 0.3) is 5.56 Å². The molecule has 3 aromatic rings. The second-order valence-electron chi connectivity index (χ2n) is 9.19. The Morgan fingerprint density at radius 2 is 1.97 bits per heavy atom. The molecule has 0 saturated carbocycles. The Balaban J connectivity index is 1.31. The number of benzene rings is 2. The van der Waals surface area contributed by atoms with Crippen molar-refractivity contribution in [3.63, 3.8) is 0 Å². The Kier molecular flexibility index (Phi) is 8.19. The van der Waals surface area contributed by atoms with Crippen molar-refractivity contribution in [1.82, 2.24) is 15.1 Å². The molecule has 1 N–H and O–H groups in total. The number of hydrogen-bond donors (Lipinski definition) is 1. The van der Waals surface area contributed by atoms with Gasteiger partial charge in [0.2, 0.25) is 5.91 Å². The van der Waals surface area contributed by atoms with E-state index >= 15 is 0 Å². The molecule has 1 amide bonds. The summed E-state index contributed by atoms with van der Waals surface area (Å²) in [5.41, 5.74) is 4.10. The molecule has 0 radical (unpaired) electrons. The second-order valence-corrected chi connectivity index (χ2v) is 9.19. The third-order valence-electron chi connectivity index (χ3n) is 6.62. The Bertz CT molecular complexity index is 1180. The molecule has 7 heteroatoms. The molecule has 35 heavy (non-hydrogen) atoms. The molecule has 7 nitrogen and oxygen atoms in total. The van der Waals surface area contributed by atoms with Gasteiger partial charge in [-0.2, -0.15) is 5.10 Å². The van der Waals surface area contributed by atoms with Gasteiger partial charge < -0.3 is 15.1 Å². The Labute approximate surface area is 207 Å². The zero-order chi connectivity index (χ0) is 24.6. The molecule has 1 saturated heterocycles. The fourth-order valence-electron chi connectivity index (χ4n) is 4.65. The van der Waals surface area contributed by atoms with Gasteiger partial charge in [0, 0.05) is 44.5 Å². The smallest absolute Gasteiger partial charge is 0.269 e. The van der Waals surface area contributed by atoms with Crippen molar-refractivity contribution in [3.8, 4) is 0 Å². The number of nitrogens with zero attached hydrogens (tertiary/aromatic N) is 4. The molecule has 4 rings (SSSR count). The van der Waals surface area contributed by atoms with Crippen LogP contribution in [0.25, 0.3) is 0 Å². The van der Waals surface area contributed by atoms with Crippen LogP contribution in [0.1, 0.15) is 30.9 Å². The van der Waals surface area contributed by atoms with Crippen LogP contribution >= 0.6 is 0 Å². The van der Waals surface area contributed by atoms with E-state index in [0.717, 1.165) is 43.7 Å². The van der Waals surface area contributed by atoms with Gasteiger partial charge in [0.05, 0.1) is 24.3 Å². The number of aromatic nitrogens is 2. The highest BCUT2D eigenvalue weighted by atomic mass is 16.2. The average Bonchev–Trinajstić information content (AvgIpc) is 2.88. The van der Waals surface area contributed by atoms with Gasteiger partial charge in [-0.05, 0) is 49.9 Å². The lowest BCUT2D eigenvalue weighted by molar-refractivity contribution is -0.125. The van der Waals surface area contributed by atoms with Gasteiger partial charge >= 0.3 is 0 Å². The molecule has 1 fully saturated rings. The van der Waals surface area contributed by atoms with Crippen LogP contribution in [0.4, 0.5) is 11.4 Å². The van der Waals surface area contributed by atoms with Crippen LogP contribution in [0, 0.1) is 12.8 Å². The van der Waals surface area contributed by atoms with Gasteiger partial charge in [0.15, 0.2) is 0 Å². The predicted molar refractivity (Wildman–Crippen MR) is 141 cm³/mol. The number of anilines is 2. The molecule has 1 aliphatic rings. The summed E-state index contributed by atoms with van der Waals surface area (Å²) in [5.74, 6) is -0.00933. The van der Waals surface area contributed by atoms with Crippen LogP contribution in [0.15, 0.2) is 71.7 Å². The van der Waals surface area contributed by atoms with Crippen LogP contribution in [-0.2, 0) is 11.3 Å². The zero-order valence-electron chi connectivity index (χ0n) is 20.7. The average molecular weight is 474 g/mol. The summed E-state index contributed by atoms with van der Waals surface area (Å²) in [4.78, 5) is 30.0. The number of carbonyl (C=O) groups is 1. The number of nitrogens with one attached hydrogen (secondary N) is 1. The topological polar surface area (TPSA) is 70.5 Å². The second kappa shape index (κ2) is 11.7. The van der Waals surface area contributed by atoms with Crippen molar-refractivity contribution in [2.24, 2.45) is 5.92 Å². The molecule has 0 unspecified atom stereocenters. The van der Waals surface area contributed by atoms with Crippen molar-refractivity contribution >= 4 is 17.3 Å². The molecular formula is C28H35N5O2. The van der Waals surface area contributed by atoms with Crippen LogP contribution in [0.2, 0.25) is 0 Å². The minimum atomic E-state index is -0.131. The van der Waals surface area contributed by atoms with Gasteiger partial charge in [0.1, 0.15) is 0 Å². The van der Waals surface area contributed by atoms with Crippen LogP contribution in [0.5, 0.6) is 0 Å². The first kappa shape index (κ1) is 24.5. The minimum Gasteiger partial charge on any atom is -0.370 e. The number of hydrogen-bond acceptors (Lipinski definition) is 5. The van der Waals surface area contributed by atoms with E-state index in [0.29, 0.717) is 19.6 Å². The van der Waals surface area contributed by atoms with Crippen molar-refractivity contribution < 1.29 is 4.79 Å². The molecule has 0 aliphatic carbocycles. The van der Waals surface area contributed by atoms with E-state index < -0.39 is 0 Å². The number of amides is 1. The van der Waals surface area contributed by atoms with Crippen LogP contribution in [0.3, 0.4) is 0 Å². The van der Waals surface area contributed by atoms with Crippen LogP contribution in [-0.4, -0.2) is 48.4 Å². The summed E-state index contributed by atoms with van der Waals surface area (Å²) in [6, 6.07) is 19.9. The summed E-state index contributed by atoms with van der Waals surface area (Å²) >= 11 is 0. The molecule has 0 spiro atoms. The Hall–Kier alpha value is -3.61. The molecule has 0 bridgehead atoms. The van der Waals surface area contributed by atoms with E-state index in [9.17, 15) is 9.59 Å². The van der Waals surface area contributed by atoms with E-state index in [1.807, 2.05) is 30.3 Å². The molecule has 2 aromatic carbocycles. The predicted octanol–water partition coefficient (Wildman–Crippen LogP) is 3.46. The first-order chi connectivity index (χ1) is 17.0. The monoisotopic (exact) mass is 473 g/mol. The SMILES string of the molecule is CCN(CCNC(=O)[C@H]1CCCN(c2cnn(Cc3ccccc3)c(=O)c2)C1)c1cccc(C)c1. The normalized spacial score (nSPS) is 15.6. The summed E-state index contributed by atoms with van der Waals surface area (Å²) in [6.45, 7) is 8.36. The van der Waals surface area contributed by atoms with Gasteiger partial charge in [-0.25, -0.2) is 4.68 Å². The number of carbonyl (C=O) groups excluding carboxylic acids is 1. The highest BCUT2D eigenvalue weighted by Gasteiger charge is 2.26. The first-order valence-corrected chi connectivity index (χ1v) is 12.5. The van der Waals surface area contributed by atoms with Crippen LogP contribution < -0.4 is 20.7 Å². The number of aryl methyl sites for hydroxylation is 1. The fourth-order valence-corrected chi connectivity index (χ4v) is 4.65. The third-order valence-corrected chi connectivity index (χ3v) is 6.62. The lowest BCUT2D eigenvalue weighted by atomic mass is 9.97. The standard InChI is InChI=1S/C28H35N5O2/c1-3-31(25-13-7-9-22(2)17-25)16-14-29-28(35)24-12-8-15-32(21-24)26-18-27(34)33(30-19-26)20-23-10-5-4-6-11-23/h4-7,9-11,13,17-19,24H,3,8,12,14-16,20-21H2,1-2H3,(H,29,35)/t24-/m0/s1. The highest BCUT2D eigenvalue weighted by Crippen LogP contribution is 2.22. The van der Waals surface area contributed by atoms with Crippen molar-refractivity contribution in [2.45, 2.75) is 33.2 Å². The molecule has 1 aromatic heterocycles. The van der Waals surface area contributed by atoms with E-state index in [2.05, 4.69) is 58.3 Å². The van der Waals surface area contributed by atoms with Crippen molar-refractivity contribution in [3.05, 3.63) is 88.3 Å². The first-order valence-electron chi connectivity index (χ1n) is 12.5. The summed E-state index contributed by atoms with van der Waals surface area (Å²) < 4.78 is 1.47. The maximum Gasteiger partial charge on any atom is 0.269 e. The number of likely N-dealkylation sites (N-methyl/N-ethyl adjacent to an activating group) is 1. The highest BCUT2D eigenvalue weighted by molar-refractivity contribution is 5.79. The van der Waals surface area contributed by atoms with Gasteiger partial charge in [-0.3, -0.25) is 9.59 Å². The van der Waals surface area contributed by atoms with Gasteiger partial charge in [-0.1, -0.05) is 42.5 Å². The van der Waals surface area contributed by atoms with E-state index in [1.54, 1.807) is 12.3 Å². The van der Waals surface area contributed by atoms with E-state index in [4.69, 9.17) is 0 Å². The molecule has 2 heterocycles. The largest absolute Gasteiger partial charge is 0.370 e. The maximum atomic E-state index is 12.9. The molecule has 1 atom stereocenters. The number of rotatable bonds is 9. The number of piperidine rings is 1. The third kappa shape index (κ3) is 6.50. The molecule has 1 aliphatic heterocycles. The molecule has 184 valence electrons. The molecular weight excluding hydrogens is 438 g/mol. The summed E-state index contributed by atoms with van der Waals surface area (Å²) in [6.07, 6.45) is 3.51. The van der Waals surface area contributed by atoms with Gasteiger partial charge in [-0.15, -0.1) is 0 Å². The summed E-state index contributed by atoms with van der Waals surface area (Å²) in [5, 5.41) is 7.52. The Morgan fingerprint density at radius 3 is 2.71 bits per heavy atom. The minimum absolute atomic E-state index is 0.0837. The quantitative estimate of drug-likeness (QED) is 0.515. The maximum absolute atomic E-state index is 12.9.